The van der Waals surface area contributed by atoms with Gasteiger partial charge >= 0.3 is 0 Å². The lowest BCUT2D eigenvalue weighted by molar-refractivity contribution is -0.131. The summed E-state index contributed by atoms with van der Waals surface area (Å²) in [5, 5.41) is 10.2. The van der Waals surface area contributed by atoms with Gasteiger partial charge in [-0.25, -0.2) is 0 Å². The molecule has 3 aromatic rings. The molecule has 0 fully saturated rings. The van der Waals surface area contributed by atoms with Gasteiger partial charge in [-0.1, -0.05) is 18.2 Å². The Kier molecular flexibility index (Phi) is 4.91. The summed E-state index contributed by atoms with van der Waals surface area (Å²) in [5.41, 5.74) is 3.71. The van der Waals surface area contributed by atoms with E-state index in [1.54, 1.807) is 23.6 Å². The molecule has 2 aromatic heterocycles. The highest BCUT2D eigenvalue weighted by Crippen LogP contribution is 2.23. The largest absolute Gasteiger partial charge is 0.464 e. The minimum atomic E-state index is -0.0721. The normalized spacial score (nSPS) is 10.9. The number of furan rings is 1. The van der Waals surface area contributed by atoms with Crippen molar-refractivity contribution in [3.05, 3.63) is 65.7 Å². The number of hydrogen-bond acceptors (Lipinski definition) is 4. The Morgan fingerprint density at radius 3 is 2.96 bits per heavy atom. The third-order valence-corrected chi connectivity index (χ3v) is 3.97. The lowest BCUT2D eigenvalue weighted by Crippen LogP contribution is -2.34. The Morgan fingerprint density at radius 1 is 1.33 bits per heavy atom. The molecular formula is C19H20N2O3. The maximum Gasteiger partial charge on any atom is 0.227 e. The second-order valence-corrected chi connectivity index (χ2v) is 5.84. The molecule has 0 unspecified atom stereocenters. The molecule has 3 rings (SSSR count). The van der Waals surface area contributed by atoms with E-state index in [4.69, 9.17) is 4.42 Å². The van der Waals surface area contributed by atoms with Crippen LogP contribution in [0, 0.1) is 6.92 Å². The van der Waals surface area contributed by atoms with E-state index < -0.39 is 0 Å². The number of aromatic nitrogens is 1. The van der Waals surface area contributed by atoms with Gasteiger partial charge in [-0.3, -0.25) is 9.78 Å². The number of aliphatic hydroxyl groups excluding tert-OH is 1. The number of carbonyl (C=O) groups is 1. The van der Waals surface area contributed by atoms with Crippen LogP contribution in [0.1, 0.15) is 16.7 Å². The van der Waals surface area contributed by atoms with Gasteiger partial charge in [-0.15, -0.1) is 0 Å². The summed E-state index contributed by atoms with van der Waals surface area (Å²) in [6.07, 6.45) is 5.31. The van der Waals surface area contributed by atoms with Crippen LogP contribution < -0.4 is 0 Å². The zero-order valence-electron chi connectivity index (χ0n) is 13.6. The fourth-order valence-electron chi connectivity index (χ4n) is 2.73. The van der Waals surface area contributed by atoms with E-state index in [9.17, 15) is 9.90 Å². The summed E-state index contributed by atoms with van der Waals surface area (Å²) >= 11 is 0. The summed E-state index contributed by atoms with van der Waals surface area (Å²) in [7, 11) is 0. The zero-order chi connectivity index (χ0) is 16.9. The van der Waals surface area contributed by atoms with Crippen LogP contribution in [0.5, 0.6) is 0 Å². The number of rotatable bonds is 6. The molecule has 0 aliphatic carbocycles. The van der Waals surface area contributed by atoms with E-state index in [2.05, 4.69) is 4.98 Å². The molecule has 2 heterocycles. The quantitative estimate of drug-likeness (QED) is 0.757. The number of hydrogen-bond donors (Lipinski definition) is 1. The van der Waals surface area contributed by atoms with Gasteiger partial charge in [0, 0.05) is 36.4 Å². The molecule has 5 heteroatoms. The van der Waals surface area contributed by atoms with Crippen LogP contribution in [-0.4, -0.2) is 34.0 Å². The number of benzene rings is 1. The Bertz CT molecular complexity index is 827. The van der Waals surface area contributed by atoms with Crippen molar-refractivity contribution in [3.63, 3.8) is 0 Å². The van der Waals surface area contributed by atoms with Crippen LogP contribution in [0.25, 0.3) is 11.0 Å². The summed E-state index contributed by atoms with van der Waals surface area (Å²) in [6.45, 7) is 2.66. The second kappa shape index (κ2) is 7.27. The fraction of sp³-hybridized carbons (Fsp3) is 0.263. The Hall–Kier alpha value is -2.66. The summed E-state index contributed by atoms with van der Waals surface area (Å²) < 4.78 is 5.56. The standard InChI is InChI=1S/C19H20N2O3/c1-14-4-5-17-16(13-24-18(17)9-14)10-19(23)21(7-8-22)12-15-3-2-6-20-11-15/h2-6,9,11,13,22H,7-8,10,12H2,1H3. The molecule has 1 N–H and O–H groups in total. The van der Waals surface area contributed by atoms with Gasteiger partial charge in [0.2, 0.25) is 5.91 Å². The van der Waals surface area contributed by atoms with Crippen molar-refractivity contribution in [2.45, 2.75) is 19.9 Å². The summed E-state index contributed by atoms with van der Waals surface area (Å²) in [5.74, 6) is -0.0452. The molecule has 0 atom stereocenters. The SMILES string of the molecule is Cc1ccc2c(CC(=O)N(CCO)Cc3cccnc3)coc2c1. The van der Waals surface area contributed by atoms with E-state index >= 15 is 0 Å². The van der Waals surface area contributed by atoms with Crippen molar-refractivity contribution in [2.24, 2.45) is 0 Å². The Balaban J connectivity index is 1.77. The maximum absolute atomic E-state index is 12.7. The van der Waals surface area contributed by atoms with Crippen LogP contribution in [0.15, 0.2) is 53.4 Å². The first kappa shape index (κ1) is 16.2. The van der Waals surface area contributed by atoms with Crippen molar-refractivity contribution in [2.75, 3.05) is 13.2 Å². The molecule has 0 saturated heterocycles. The number of nitrogens with zero attached hydrogens (tertiary/aromatic N) is 2. The van der Waals surface area contributed by atoms with Crippen molar-refractivity contribution >= 4 is 16.9 Å². The Labute approximate surface area is 140 Å². The van der Waals surface area contributed by atoms with Gasteiger partial charge in [0.1, 0.15) is 5.58 Å². The number of pyridine rings is 1. The van der Waals surface area contributed by atoms with Gasteiger partial charge in [0.05, 0.1) is 19.3 Å². The highest BCUT2D eigenvalue weighted by atomic mass is 16.3. The average molecular weight is 324 g/mol. The van der Waals surface area contributed by atoms with Crippen LogP contribution >= 0.6 is 0 Å². The Morgan fingerprint density at radius 2 is 2.21 bits per heavy atom. The van der Waals surface area contributed by atoms with E-state index in [0.717, 1.165) is 27.7 Å². The molecular weight excluding hydrogens is 304 g/mol. The summed E-state index contributed by atoms with van der Waals surface area (Å²) in [4.78, 5) is 18.4. The molecule has 1 aromatic carbocycles. The number of aryl methyl sites for hydroxylation is 1. The molecule has 0 aliphatic rings. The molecule has 5 nitrogen and oxygen atoms in total. The topological polar surface area (TPSA) is 66.6 Å². The molecule has 0 spiro atoms. The van der Waals surface area contributed by atoms with E-state index in [1.807, 2.05) is 37.3 Å². The van der Waals surface area contributed by atoms with Gasteiger partial charge < -0.3 is 14.4 Å². The molecule has 124 valence electrons. The van der Waals surface area contributed by atoms with Crippen molar-refractivity contribution in [3.8, 4) is 0 Å². The smallest absolute Gasteiger partial charge is 0.227 e. The van der Waals surface area contributed by atoms with Crippen LogP contribution in [-0.2, 0) is 17.8 Å². The minimum absolute atomic E-state index is 0.0452. The second-order valence-electron chi connectivity index (χ2n) is 5.84. The molecule has 1 amide bonds. The van der Waals surface area contributed by atoms with Gasteiger partial charge in [0.15, 0.2) is 0 Å². The van der Waals surface area contributed by atoms with Crippen LogP contribution in [0.2, 0.25) is 0 Å². The van der Waals surface area contributed by atoms with Crippen LogP contribution in [0.4, 0.5) is 0 Å². The van der Waals surface area contributed by atoms with Crippen LogP contribution in [0.3, 0.4) is 0 Å². The first-order valence-corrected chi connectivity index (χ1v) is 7.91. The lowest BCUT2D eigenvalue weighted by atomic mass is 10.1. The molecule has 0 saturated carbocycles. The van der Waals surface area contributed by atoms with Gasteiger partial charge in [-0.2, -0.15) is 0 Å². The molecule has 0 radical (unpaired) electrons. The fourth-order valence-corrected chi connectivity index (χ4v) is 2.73. The number of fused-ring (bicyclic) bond motifs is 1. The highest BCUT2D eigenvalue weighted by molar-refractivity contribution is 5.88. The minimum Gasteiger partial charge on any atom is -0.464 e. The number of aliphatic hydroxyl groups is 1. The number of amides is 1. The van der Waals surface area contributed by atoms with Crippen molar-refractivity contribution in [1.82, 2.24) is 9.88 Å². The summed E-state index contributed by atoms with van der Waals surface area (Å²) in [6, 6.07) is 9.70. The number of carbonyl (C=O) groups excluding carboxylic acids is 1. The molecule has 0 aliphatic heterocycles. The first-order valence-electron chi connectivity index (χ1n) is 7.91. The molecule has 0 bridgehead atoms. The van der Waals surface area contributed by atoms with E-state index in [-0.39, 0.29) is 18.9 Å². The maximum atomic E-state index is 12.7. The third-order valence-electron chi connectivity index (χ3n) is 3.97. The average Bonchev–Trinajstić information content (AvgIpc) is 2.97. The van der Waals surface area contributed by atoms with E-state index in [1.165, 1.54) is 0 Å². The van der Waals surface area contributed by atoms with E-state index in [0.29, 0.717) is 13.1 Å². The lowest BCUT2D eigenvalue weighted by Gasteiger charge is -2.21. The van der Waals surface area contributed by atoms with Crippen molar-refractivity contribution in [1.29, 1.82) is 0 Å². The van der Waals surface area contributed by atoms with Gasteiger partial charge in [-0.05, 0) is 30.2 Å². The zero-order valence-corrected chi connectivity index (χ0v) is 13.6. The highest BCUT2D eigenvalue weighted by Gasteiger charge is 2.17. The molecule has 24 heavy (non-hydrogen) atoms. The van der Waals surface area contributed by atoms with Gasteiger partial charge in [0.25, 0.3) is 0 Å². The predicted octanol–water partition coefficient (Wildman–Crippen LogP) is 2.70. The monoisotopic (exact) mass is 324 g/mol. The predicted molar refractivity (Wildman–Crippen MR) is 91.4 cm³/mol. The van der Waals surface area contributed by atoms with Crippen molar-refractivity contribution < 1.29 is 14.3 Å². The first-order chi connectivity index (χ1) is 11.7. The third kappa shape index (κ3) is 3.63.